The maximum Gasteiger partial charge on any atom is 0.472 e. The van der Waals surface area contributed by atoms with E-state index >= 15 is 0 Å². The van der Waals surface area contributed by atoms with Gasteiger partial charge in [0.15, 0.2) is 0 Å². The number of phosphoric acid groups is 1. The van der Waals surface area contributed by atoms with Gasteiger partial charge in [0.25, 0.3) is 0 Å². The molecule has 10 heteroatoms. The number of likely N-dealkylation sites (N-methyl/N-ethyl adjacent to an activating group) is 1. The van der Waals surface area contributed by atoms with E-state index < -0.39 is 20.0 Å². The number of amides is 1. The number of phosphoric ester groups is 1. The first-order chi connectivity index (χ1) is 38.4. The lowest BCUT2D eigenvalue weighted by atomic mass is 10.1. The van der Waals surface area contributed by atoms with Crippen LogP contribution in [-0.4, -0.2) is 74.3 Å². The third kappa shape index (κ3) is 58.9. The lowest BCUT2D eigenvalue weighted by Gasteiger charge is -2.27. The van der Waals surface area contributed by atoms with Gasteiger partial charge in [0.1, 0.15) is 19.3 Å². The number of carbonyl (C=O) groups is 2. The Morgan fingerprint density at radius 2 is 0.823 bits per heavy atom. The van der Waals surface area contributed by atoms with Gasteiger partial charge < -0.3 is 19.4 Å². The molecule has 0 fully saturated rings. The van der Waals surface area contributed by atoms with Crippen LogP contribution >= 0.6 is 7.82 Å². The second-order valence-corrected chi connectivity index (χ2v) is 23.6. The van der Waals surface area contributed by atoms with E-state index in [-0.39, 0.29) is 37.9 Å². The Balaban J connectivity index is 5.23. The summed E-state index contributed by atoms with van der Waals surface area (Å²) in [6.07, 6.45) is 80.7. The molecule has 0 aromatic rings. The van der Waals surface area contributed by atoms with E-state index in [0.29, 0.717) is 17.4 Å². The Labute approximate surface area is 486 Å². The Kier molecular flexibility index (Phi) is 55.0. The van der Waals surface area contributed by atoms with Crippen LogP contribution in [0.5, 0.6) is 0 Å². The number of ether oxygens (including phenoxy) is 1. The number of quaternary nitrogens is 1. The molecule has 3 unspecified atom stereocenters. The van der Waals surface area contributed by atoms with Crippen molar-refractivity contribution in [1.82, 2.24) is 5.32 Å². The highest BCUT2D eigenvalue weighted by atomic mass is 31.2. The summed E-state index contributed by atoms with van der Waals surface area (Å²) < 4.78 is 30.6. The third-order valence-corrected chi connectivity index (χ3v) is 14.4. The second-order valence-electron chi connectivity index (χ2n) is 22.2. The van der Waals surface area contributed by atoms with Crippen molar-refractivity contribution in [2.45, 2.75) is 264 Å². The van der Waals surface area contributed by atoms with Crippen LogP contribution in [0, 0.1) is 0 Å². The molecule has 0 aliphatic heterocycles. The van der Waals surface area contributed by atoms with Crippen LogP contribution in [-0.2, 0) is 27.9 Å². The average Bonchev–Trinajstić information content (AvgIpc) is 3.41. The topological polar surface area (TPSA) is 111 Å². The number of hydrogen-bond donors (Lipinski definition) is 2. The number of allylic oxidation sites excluding steroid dienone is 19. The normalized spacial score (nSPS) is 14.5. The Bertz CT molecular complexity index is 1770. The van der Waals surface area contributed by atoms with Crippen molar-refractivity contribution in [2.75, 3.05) is 40.9 Å². The highest BCUT2D eigenvalue weighted by Crippen LogP contribution is 2.43. The van der Waals surface area contributed by atoms with Crippen LogP contribution in [0.25, 0.3) is 0 Å². The molecule has 79 heavy (non-hydrogen) atoms. The van der Waals surface area contributed by atoms with Crippen molar-refractivity contribution in [3.8, 4) is 0 Å². The summed E-state index contributed by atoms with van der Waals surface area (Å²) in [4.78, 5) is 37.7. The van der Waals surface area contributed by atoms with Crippen molar-refractivity contribution < 1.29 is 37.3 Å². The first-order valence-corrected chi connectivity index (χ1v) is 33.4. The fraction of sp³-hybridized carbons (Fsp3) is 0.681. The molecule has 0 saturated carbocycles. The molecular weight excluding hydrogens is 1000 g/mol. The highest BCUT2D eigenvalue weighted by molar-refractivity contribution is 7.47. The van der Waals surface area contributed by atoms with Gasteiger partial charge in [-0.2, -0.15) is 0 Å². The second kappa shape index (κ2) is 57.6. The number of rotatable bonds is 56. The predicted octanol–water partition coefficient (Wildman–Crippen LogP) is 19.9. The molecule has 2 N–H and O–H groups in total. The summed E-state index contributed by atoms with van der Waals surface area (Å²) in [5, 5.41) is 3.01. The van der Waals surface area contributed by atoms with Crippen molar-refractivity contribution in [3.05, 3.63) is 122 Å². The summed E-state index contributed by atoms with van der Waals surface area (Å²) >= 11 is 0. The quantitative estimate of drug-likeness (QED) is 0.0205. The summed E-state index contributed by atoms with van der Waals surface area (Å²) in [6.45, 7) is 6.80. The number of carbonyl (C=O) groups excluding carboxylic acids is 2. The fourth-order valence-electron chi connectivity index (χ4n) is 8.49. The zero-order valence-electron chi connectivity index (χ0n) is 51.6. The first kappa shape index (κ1) is 75.4. The van der Waals surface area contributed by atoms with Crippen molar-refractivity contribution in [2.24, 2.45) is 0 Å². The van der Waals surface area contributed by atoms with Crippen LogP contribution < -0.4 is 5.32 Å². The van der Waals surface area contributed by atoms with Crippen LogP contribution in [0.15, 0.2) is 122 Å². The van der Waals surface area contributed by atoms with Gasteiger partial charge in [-0.05, 0) is 115 Å². The first-order valence-electron chi connectivity index (χ1n) is 31.9. The lowest BCUT2D eigenvalue weighted by Crippen LogP contribution is -2.47. The lowest BCUT2D eigenvalue weighted by molar-refractivity contribution is -0.870. The van der Waals surface area contributed by atoms with Gasteiger partial charge >= 0.3 is 13.8 Å². The number of unbranched alkanes of at least 4 members (excludes halogenated alkanes) is 22. The number of nitrogens with zero attached hydrogens (tertiary/aromatic N) is 1. The summed E-state index contributed by atoms with van der Waals surface area (Å²) in [5.74, 6) is -0.588. The number of esters is 1. The smallest absolute Gasteiger partial charge is 0.456 e. The van der Waals surface area contributed by atoms with E-state index in [1.54, 1.807) is 0 Å². The summed E-state index contributed by atoms with van der Waals surface area (Å²) in [5.41, 5.74) is 0. The SMILES string of the molecule is CC/C=C\C/C=C\C/C=C\C/C=C\C/C=C\CCCC(=O)NC(COP(=O)(O)OCC[N+](C)(C)C)C(/C=C\CCCCCCCCCCC)OC(=O)CCCCCCCCCCC/C=C\C/C=C\C/C=C\C/C=C\CCCCC. The molecule has 0 heterocycles. The van der Waals surface area contributed by atoms with E-state index in [1.807, 2.05) is 33.3 Å². The average molecular weight is 1120 g/mol. The Morgan fingerprint density at radius 1 is 0.456 bits per heavy atom. The molecule has 3 atom stereocenters. The molecule has 452 valence electrons. The zero-order valence-corrected chi connectivity index (χ0v) is 52.5. The van der Waals surface area contributed by atoms with Gasteiger partial charge in [0.05, 0.1) is 33.8 Å². The van der Waals surface area contributed by atoms with Gasteiger partial charge in [-0.3, -0.25) is 18.6 Å². The number of hydrogen-bond acceptors (Lipinski definition) is 6. The van der Waals surface area contributed by atoms with Gasteiger partial charge in [0.2, 0.25) is 5.91 Å². The van der Waals surface area contributed by atoms with E-state index in [2.05, 4.69) is 135 Å². The van der Waals surface area contributed by atoms with E-state index in [4.69, 9.17) is 13.8 Å². The highest BCUT2D eigenvalue weighted by Gasteiger charge is 2.30. The molecule has 0 aliphatic rings. The molecule has 0 aliphatic carbocycles. The minimum Gasteiger partial charge on any atom is -0.456 e. The van der Waals surface area contributed by atoms with Gasteiger partial charge in [-0.15, -0.1) is 0 Å². The van der Waals surface area contributed by atoms with Crippen LogP contribution in [0.1, 0.15) is 252 Å². The predicted molar refractivity (Wildman–Crippen MR) is 341 cm³/mol. The van der Waals surface area contributed by atoms with Gasteiger partial charge in [0, 0.05) is 12.8 Å². The molecule has 0 aromatic carbocycles. The molecule has 0 rings (SSSR count). The van der Waals surface area contributed by atoms with Gasteiger partial charge in [-0.25, -0.2) is 4.57 Å². The number of nitrogens with one attached hydrogen (secondary N) is 1. The van der Waals surface area contributed by atoms with E-state index in [0.717, 1.165) is 109 Å². The van der Waals surface area contributed by atoms with Crippen LogP contribution in [0.2, 0.25) is 0 Å². The van der Waals surface area contributed by atoms with Crippen LogP contribution in [0.4, 0.5) is 0 Å². The third-order valence-electron chi connectivity index (χ3n) is 13.4. The molecule has 0 saturated heterocycles. The molecule has 1 amide bonds. The molecule has 0 radical (unpaired) electrons. The minimum atomic E-state index is -4.47. The fourth-order valence-corrected chi connectivity index (χ4v) is 9.22. The van der Waals surface area contributed by atoms with E-state index in [9.17, 15) is 19.0 Å². The summed E-state index contributed by atoms with van der Waals surface area (Å²) in [7, 11) is 1.44. The van der Waals surface area contributed by atoms with Gasteiger partial charge in [-0.1, -0.05) is 245 Å². The molecule has 0 spiro atoms. The van der Waals surface area contributed by atoms with Crippen molar-refractivity contribution in [1.29, 1.82) is 0 Å². The minimum absolute atomic E-state index is 0.0223. The maximum atomic E-state index is 13.5. The van der Waals surface area contributed by atoms with Crippen molar-refractivity contribution >= 4 is 19.7 Å². The standard InChI is InChI=1S/C69H119N2O7P/c1-7-10-13-16-19-22-25-27-29-31-32-33-34-35-36-37-38-40-42-44-47-50-53-56-59-62-69(73)78-67(60-57-54-51-48-45-24-21-18-15-12-9-3)66(65-77-79(74,75)76-64-63-71(4,5)6)70-68(72)61-58-55-52-49-46-43-41-39-30-28-26-23-20-17-14-11-8-2/h11,14,19-20,22-23,27-30,32-33,35-36,41,43,49,52,57,60,66-67H,7-10,12-13,15-18,21,24-26,31,34,37-40,42,44-48,50-51,53-56,58-59,61-65H2,1-6H3,(H-,70,72,74,75)/p+1/b14-11-,22-19-,23-20-,29-27-,30-28-,33-32-,36-35-,43-41-,52-49-,60-57-. The summed E-state index contributed by atoms with van der Waals surface area (Å²) in [6, 6.07) is -0.888. The monoisotopic (exact) mass is 1120 g/mol. The zero-order chi connectivity index (χ0) is 57.9. The Hall–Kier alpha value is -3.59. The van der Waals surface area contributed by atoms with E-state index in [1.165, 1.54) is 103 Å². The van der Waals surface area contributed by atoms with Crippen molar-refractivity contribution in [3.63, 3.8) is 0 Å². The molecule has 0 bridgehead atoms. The molecule has 0 aromatic heterocycles. The molecule has 9 nitrogen and oxygen atoms in total. The maximum absolute atomic E-state index is 13.5. The van der Waals surface area contributed by atoms with Crippen LogP contribution in [0.3, 0.4) is 0 Å². The largest absolute Gasteiger partial charge is 0.472 e. The molecular formula is C69H120N2O7P+. The Morgan fingerprint density at radius 3 is 1.27 bits per heavy atom.